The predicted molar refractivity (Wildman–Crippen MR) is 69.0 cm³/mol. The molecule has 1 aromatic rings. The topological polar surface area (TPSA) is 27.1 Å². The summed E-state index contributed by atoms with van der Waals surface area (Å²) >= 11 is 0. The normalized spacial score (nSPS) is 11.4. The van der Waals surface area contributed by atoms with Crippen LogP contribution in [0.15, 0.2) is 6.20 Å². The van der Waals surface area contributed by atoms with Crippen molar-refractivity contribution in [3.05, 3.63) is 17.7 Å². The van der Waals surface area contributed by atoms with E-state index in [9.17, 15) is 0 Å². The lowest BCUT2D eigenvalue weighted by Crippen LogP contribution is -2.22. The fourth-order valence-electron chi connectivity index (χ4n) is 1.25. The molecule has 0 aliphatic heterocycles. The van der Waals surface area contributed by atoms with Gasteiger partial charge in [-0.3, -0.25) is 0 Å². The molecule has 0 aliphatic rings. The molecule has 0 saturated heterocycles. The third kappa shape index (κ3) is 4.21. The summed E-state index contributed by atoms with van der Waals surface area (Å²) in [7, 11) is -0.993. The molecule has 0 spiro atoms. The van der Waals surface area contributed by atoms with Crippen LogP contribution in [0.2, 0.25) is 25.7 Å². The number of ether oxygens (including phenoxy) is 1. The Balaban J connectivity index is 2.38. The molecule has 88 valence electrons. The van der Waals surface area contributed by atoms with E-state index in [1.165, 1.54) is 6.04 Å². The number of nitrogens with zero attached hydrogens (tertiary/aromatic N) is 2. The fourth-order valence-corrected chi connectivity index (χ4v) is 2.01. The SMILES string of the molecule is C#Cc1cn(COCC[Si](C)(C)C)c(C)n1. The number of rotatable bonds is 5. The van der Waals surface area contributed by atoms with Crippen molar-refractivity contribution in [3.63, 3.8) is 0 Å². The molecule has 0 radical (unpaired) electrons. The molecule has 0 bridgehead atoms. The van der Waals surface area contributed by atoms with E-state index in [4.69, 9.17) is 11.2 Å². The average molecular weight is 236 g/mol. The second-order valence-corrected chi connectivity index (χ2v) is 10.8. The average Bonchev–Trinajstić information content (AvgIpc) is 2.53. The summed E-state index contributed by atoms with van der Waals surface area (Å²) in [6, 6.07) is 1.18. The molecule has 0 fully saturated rings. The monoisotopic (exact) mass is 236 g/mol. The van der Waals surface area contributed by atoms with Crippen molar-refractivity contribution in [3.8, 4) is 12.3 Å². The van der Waals surface area contributed by atoms with E-state index in [0.29, 0.717) is 12.4 Å². The first-order valence-corrected chi connectivity index (χ1v) is 9.21. The van der Waals surface area contributed by atoms with Gasteiger partial charge in [-0.25, -0.2) is 4.98 Å². The van der Waals surface area contributed by atoms with Crippen molar-refractivity contribution in [2.75, 3.05) is 6.61 Å². The van der Waals surface area contributed by atoms with Crippen LogP contribution in [0.5, 0.6) is 0 Å². The van der Waals surface area contributed by atoms with E-state index in [-0.39, 0.29) is 0 Å². The van der Waals surface area contributed by atoms with Gasteiger partial charge in [-0.05, 0) is 18.9 Å². The van der Waals surface area contributed by atoms with Crippen LogP contribution in [-0.4, -0.2) is 24.2 Å². The summed E-state index contributed by atoms with van der Waals surface area (Å²) in [5, 5.41) is 0. The molecular formula is C12H20N2OSi. The smallest absolute Gasteiger partial charge is 0.131 e. The van der Waals surface area contributed by atoms with Gasteiger partial charge in [0.1, 0.15) is 18.2 Å². The molecule has 0 saturated carbocycles. The Kier molecular flexibility index (Phi) is 4.33. The van der Waals surface area contributed by atoms with Crippen LogP contribution in [-0.2, 0) is 11.5 Å². The summed E-state index contributed by atoms with van der Waals surface area (Å²) in [5.41, 5.74) is 0.672. The van der Waals surface area contributed by atoms with Crippen LogP contribution in [0, 0.1) is 19.3 Å². The summed E-state index contributed by atoms with van der Waals surface area (Å²) in [6.07, 6.45) is 7.13. The van der Waals surface area contributed by atoms with E-state index in [1.807, 2.05) is 17.7 Å². The maximum atomic E-state index is 5.62. The third-order valence-electron chi connectivity index (χ3n) is 2.35. The van der Waals surface area contributed by atoms with Crippen LogP contribution < -0.4 is 0 Å². The Morgan fingerprint density at radius 1 is 1.50 bits per heavy atom. The first kappa shape index (κ1) is 13.0. The van der Waals surface area contributed by atoms with Gasteiger partial charge in [0.2, 0.25) is 0 Å². The molecule has 0 N–H and O–H groups in total. The number of hydrogen-bond donors (Lipinski definition) is 0. The van der Waals surface area contributed by atoms with Crippen LogP contribution in [0.3, 0.4) is 0 Å². The highest BCUT2D eigenvalue weighted by atomic mass is 28.3. The van der Waals surface area contributed by atoms with Crippen molar-refractivity contribution in [2.45, 2.75) is 39.3 Å². The van der Waals surface area contributed by atoms with Crippen molar-refractivity contribution >= 4 is 8.07 Å². The van der Waals surface area contributed by atoms with E-state index in [0.717, 1.165) is 12.4 Å². The van der Waals surface area contributed by atoms with Gasteiger partial charge in [0.05, 0.1) is 0 Å². The number of aromatic nitrogens is 2. The molecule has 3 nitrogen and oxygen atoms in total. The molecule has 1 aromatic heterocycles. The minimum absolute atomic E-state index is 0.547. The quantitative estimate of drug-likeness (QED) is 0.446. The zero-order chi connectivity index (χ0) is 12.2. The molecule has 4 heteroatoms. The van der Waals surface area contributed by atoms with Gasteiger partial charge in [0.15, 0.2) is 0 Å². The Hall–Kier alpha value is -1.05. The summed E-state index contributed by atoms with van der Waals surface area (Å²) in [6.45, 7) is 10.3. The standard InChI is InChI=1S/C12H20N2OSi/c1-6-12-9-14(11(2)13-12)10-15-7-8-16(3,4)5/h1,9H,7-8,10H2,2-5H3. The fraction of sp³-hybridized carbons (Fsp3) is 0.583. The number of imidazole rings is 1. The van der Waals surface area contributed by atoms with Crippen molar-refractivity contribution in [1.82, 2.24) is 9.55 Å². The minimum atomic E-state index is -0.993. The van der Waals surface area contributed by atoms with Gasteiger partial charge in [-0.1, -0.05) is 19.6 Å². The van der Waals surface area contributed by atoms with Gasteiger partial charge in [0.25, 0.3) is 0 Å². The number of hydrogen-bond acceptors (Lipinski definition) is 2. The lowest BCUT2D eigenvalue weighted by Gasteiger charge is -2.15. The summed E-state index contributed by atoms with van der Waals surface area (Å²) in [4.78, 5) is 4.21. The largest absolute Gasteiger partial charge is 0.361 e. The Morgan fingerprint density at radius 2 is 2.19 bits per heavy atom. The van der Waals surface area contributed by atoms with E-state index in [2.05, 4.69) is 30.5 Å². The molecule has 1 heterocycles. The predicted octanol–water partition coefficient (Wildman–Crippen LogP) is 2.49. The molecular weight excluding hydrogens is 216 g/mol. The van der Waals surface area contributed by atoms with E-state index < -0.39 is 8.07 Å². The molecule has 1 rings (SSSR count). The van der Waals surface area contributed by atoms with Crippen LogP contribution in [0.1, 0.15) is 11.5 Å². The number of terminal acetylenes is 1. The zero-order valence-electron chi connectivity index (χ0n) is 10.6. The van der Waals surface area contributed by atoms with Crippen LogP contribution in [0.4, 0.5) is 0 Å². The highest BCUT2D eigenvalue weighted by molar-refractivity contribution is 6.76. The second-order valence-electron chi connectivity index (χ2n) is 5.14. The molecule has 0 aromatic carbocycles. The number of aryl methyl sites for hydroxylation is 1. The highest BCUT2D eigenvalue weighted by Gasteiger charge is 2.12. The van der Waals surface area contributed by atoms with Gasteiger partial charge in [0, 0.05) is 20.9 Å². The Labute approximate surface area is 98.8 Å². The lowest BCUT2D eigenvalue weighted by molar-refractivity contribution is 0.0857. The lowest BCUT2D eigenvalue weighted by atomic mass is 10.5. The second kappa shape index (κ2) is 5.33. The van der Waals surface area contributed by atoms with Crippen molar-refractivity contribution in [1.29, 1.82) is 0 Å². The molecule has 0 unspecified atom stereocenters. The van der Waals surface area contributed by atoms with Crippen molar-refractivity contribution < 1.29 is 4.74 Å². The maximum Gasteiger partial charge on any atom is 0.131 e. The van der Waals surface area contributed by atoms with E-state index >= 15 is 0 Å². The third-order valence-corrected chi connectivity index (χ3v) is 4.05. The molecule has 0 aliphatic carbocycles. The van der Waals surface area contributed by atoms with Crippen molar-refractivity contribution in [2.24, 2.45) is 0 Å². The molecule has 0 atom stereocenters. The zero-order valence-corrected chi connectivity index (χ0v) is 11.6. The first-order chi connectivity index (χ1) is 7.42. The Morgan fingerprint density at radius 3 is 2.69 bits per heavy atom. The van der Waals surface area contributed by atoms with Gasteiger partial charge >= 0.3 is 0 Å². The first-order valence-electron chi connectivity index (χ1n) is 5.50. The van der Waals surface area contributed by atoms with Gasteiger partial charge < -0.3 is 9.30 Å². The minimum Gasteiger partial charge on any atom is -0.361 e. The van der Waals surface area contributed by atoms with Crippen LogP contribution >= 0.6 is 0 Å². The van der Waals surface area contributed by atoms with E-state index in [1.54, 1.807) is 0 Å². The Bertz CT molecular complexity index is 385. The maximum absolute atomic E-state index is 5.62. The summed E-state index contributed by atoms with van der Waals surface area (Å²) < 4.78 is 7.57. The molecule has 0 amide bonds. The molecule has 16 heavy (non-hydrogen) atoms. The van der Waals surface area contributed by atoms with Gasteiger partial charge in [-0.2, -0.15) is 0 Å². The van der Waals surface area contributed by atoms with Gasteiger partial charge in [-0.15, -0.1) is 6.42 Å². The van der Waals surface area contributed by atoms with Crippen LogP contribution in [0.25, 0.3) is 0 Å². The summed E-state index contributed by atoms with van der Waals surface area (Å²) in [5.74, 6) is 3.43. The highest BCUT2D eigenvalue weighted by Crippen LogP contribution is 2.08.